The molecular formula is C13H19NO4S. The summed E-state index contributed by atoms with van der Waals surface area (Å²) in [5.41, 5.74) is 0. The van der Waals surface area contributed by atoms with Crippen molar-refractivity contribution >= 4 is 23.3 Å². The maximum Gasteiger partial charge on any atom is 0.320 e. The van der Waals surface area contributed by atoms with Crippen molar-refractivity contribution in [3.8, 4) is 0 Å². The Hall–Kier alpha value is -1.40. The largest absolute Gasteiger partial charge is 0.481 e. The maximum atomic E-state index is 11.2. The topological polar surface area (TPSA) is 86.6 Å². The molecule has 5 nitrogen and oxygen atoms in total. The molecule has 0 aliphatic heterocycles. The average Bonchev–Trinajstić information content (AvgIpc) is 2.80. The van der Waals surface area contributed by atoms with Gasteiger partial charge in [-0.2, -0.15) is 0 Å². The second-order valence-electron chi connectivity index (χ2n) is 4.83. The summed E-state index contributed by atoms with van der Waals surface area (Å²) in [6.45, 7) is 4.00. The minimum atomic E-state index is -0.941. The number of hydrogen-bond acceptors (Lipinski definition) is 4. The zero-order valence-electron chi connectivity index (χ0n) is 11.0. The Labute approximate surface area is 116 Å². The Morgan fingerprint density at radius 3 is 2.42 bits per heavy atom. The van der Waals surface area contributed by atoms with Gasteiger partial charge in [-0.15, -0.1) is 11.3 Å². The van der Waals surface area contributed by atoms with E-state index in [-0.39, 0.29) is 12.5 Å². The molecule has 1 rings (SSSR count). The van der Waals surface area contributed by atoms with Gasteiger partial charge < -0.3 is 15.5 Å². The molecule has 0 bridgehead atoms. The Balaban J connectivity index is 2.65. The van der Waals surface area contributed by atoms with Crippen LogP contribution in [0.4, 0.5) is 0 Å². The summed E-state index contributed by atoms with van der Waals surface area (Å²) < 4.78 is 0. The molecule has 1 aromatic rings. The van der Waals surface area contributed by atoms with E-state index in [4.69, 9.17) is 5.11 Å². The van der Waals surface area contributed by atoms with Crippen molar-refractivity contribution in [2.45, 2.75) is 32.2 Å². The van der Waals surface area contributed by atoms with Crippen LogP contribution in [0.1, 0.15) is 31.1 Å². The Kier molecular flexibility index (Phi) is 5.98. The van der Waals surface area contributed by atoms with Gasteiger partial charge in [0.1, 0.15) is 12.0 Å². The Morgan fingerprint density at radius 1 is 1.32 bits per heavy atom. The standard InChI is InChI=1S/C13H19NO4S/c1-8(2)6-10(13(17)18)14-7-9(12(15)16)11-4-3-5-19-11/h3-5,8-10,14H,6-7H2,1-2H3,(H,15,16)(H,17,18). The van der Waals surface area contributed by atoms with Gasteiger partial charge in [0, 0.05) is 11.4 Å². The zero-order chi connectivity index (χ0) is 14.4. The van der Waals surface area contributed by atoms with E-state index in [0.29, 0.717) is 6.42 Å². The van der Waals surface area contributed by atoms with E-state index < -0.39 is 23.9 Å². The molecule has 6 heteroatoms. The van der Waals surface area contributed by atoms with Crippen LogP contribution in [0.25, 0.3) is 0 Å². The third-order valence-electron chi connectivity index (χ3n) is 2.76. The van der Waals surface area contributed by atoms with Crippen molar-refractivity contribution in [2.24, 2.45) is 5.92 Å². The average molecular weight is 285 g/mol. The molecule has 1 aromatic heterocycles. The third kappa shape index (κ3) is 5.00. The van der Waals surface area contributed by atoms with Crippen LogP contribution in [-0.2, 0) is 9.59 Å². The van der Waals surface area contributed by atoms with Gasteiger partial charge in [0.25, 0.3) is 0 Å². The number of hydrogen-bond donors (Lipinski definition) is 3. The van der Waals surface area contributed by atoms with Crippen LogP contribution >= 0.6 is 11.3 Å². The molecule has 0 aromatic carbocycles. The Bertz CT molecular complexity index is 416. The second-order valence-corrected chi connectivity index (χ2v) is 5.81. The number of thiophene rings is 1. The fourth-order valence-corrected chi connectivity index (χ4v) is 2.62. The summed E-state index contributed by atoms with van der Waals surface area (Å²) in [4.78, 5) is 23.0. The van der Waals surface area contributed by atoms with Crippen molar-refractivity contribution in [1.29, 1.82) is 0 Å². The molecule has 2 unspecified atom stereocenters. The minimum Gasteiger partial charge on any atom is -0.481 e. The lowest BCUT2D eigenvalue weighted by molar-refractivity contribution is -0.142. The summed E-state index contributed by atoms with van der Waals surface area (Å²) >= 11 is 1.37. The third-order valence-corrected chi connectivity index (χ3v) is 3.74. The highest BCUT2D eigenvalue weighted by Gasteiger charge is 2.25. The highest BCUT2D eigenvalue weighted by molar-refractivity contribution is 7.10. The number of aliphatic carboxylic acids is 2. The molecule has 2 atom stereocenters. The smallest absolute Gasteiger partial charge is 0.320 e. The van der Waals surface area contributed by atoms with Gasteiger partial charge in [0.2, 0.25) is 0 Å². The van der Waals surface area contributed by atoms with Crippen LogP contribution < -0.4 is 5.32 Å². The van der Waals surface area contributed by atoms with E-state index in [1.807, 2.05) is 19.2 Å². The van der Waals surface area contributed by atoms with Gasteiger partial charge in [-0.3, -0.25) is 9.59 Å². The SMILES string of the molecule is CC(C)CC(NCC(C(=O)O)c1cccs1)C(=O)O. The summed E-state index contributed by atoms with van der Waals surface area (Å²) in [7, 11) is 0. The predicted molar refractivity (Wildman–Crippen MR) is 73.6 cm³/mol. The highest BCUT2D eigenvalue weighted by atomic mass is 32.1. The van der Waals surface area contributed by atoms with Crippen LogP contribution in [0.3, 0.4) is 0 Å². The zero-order valence-corrected chi connectivity index (χ0v) is 11.8. The molecular weight excluding hydrogens is 266 g/mol. The van der Waals surface area contributed by atoms with Gasteiger partial charge in [-0.1, -0.05) is 19.9 Å². The molecule has 0 spiro atoms. The quantitative estimate of drug-likeness (QED) is 0.680. The number of nitrogens with one attached hydrogen (secondary N) is 1. The second kappa shape index (κ2) is 7.25. The highest BCUT2D eigenvalue weighted by Crippen LogP contribution is 2.21. The van der Waals surface area contributed by atoms with E-state index >= 15 is 0 Å². The number of rotatable bonds is 8. The summed E-state index contributed by atoms with van der Waals surface area (Å²) in [6, 6.07) is 2.84. The lowest BCUT2D eigenvalue weighted by Gasteiger charge is -2.19. The predicted octanol–water partition coefficient (Wildman–Crippen LogP) is 2.01. The van der Waals surface area contributed by atoms with Gasteiger partial charge in [0.15, 0.2) is 0 Å². The molecule has 0 aliphatic rings. The van der Waals surface area contributed by atoms with Crippen LogP contribution in [0, 0.1) is 5.92 Å². The first-order valence-corrected chi connectivity index (χ1v) is 7.02. The van der Waals surface area contributed by atoms with Crippen LogP contribution in [0.15, 0.2) is 17.5 Å². The molecule has 0 fully saturated rings. The molecule has 0 saturated heterocycles. The Morgan fingerprint density at radius 2 is 2.00 bits per heavy atom. The van der Waals surface area contributed by atoms with E-state index in [0.717, 1.165) is 4.88 Å². The minimum absolute atomic E-state index is 0.125. The first-order valence-electron chi connectivity index (χ1n) is 6.14. The molecule has 106 valence electrons. The number of carbonyl (C=O) groups is 2. The van der Waals surface area contributed by atoms with Crippen molar-refractivity contribution < 1.29 is 19.8 Å². The normalized spacial score (nSPS) is 14.3. The fraction of sp³-hybridized carbons (Fsp3) is 0.538. The van der Waals surface area contributed by atoms with Crippen molar-refractivity contribution in [3.05, 3.63) is 22.4 Å². The molecule has 19 heavy (non-hydrogen) atoms. The monoisotopic (exact) mass is 285 g/mol. The van der Waals surface area contributed by atoms with Crippen LogP contribution in [-0.4, -0.2) is 34.7 Å². The van der Waals surface area contributed by atoms with Gasteiger partial charge in [0.05, 0.1) is 0 Å². The lowest BCUT2D eigenvalue weighted by Crippen LogP contribution is -2.41. The maximum absolute atomic E-state index is 11.2. The first kappa shape index (κ1) is 15.7. The van der Waals surface area contributed by atoms with Crippen molar-refractivity contribution in [1.82, 2.24) is 5.32 Å². The summed E-state index contributed by atoms with van der Waals surface area (Å²) in [5.74, 6) is -2.35. The van der Waals surface area contributed by atoms with E-state index in [9.17, 15) is 14.7 Å². The lowest BCUT2D eigenvalue weighted by atomic mass is 10.0. The molecule has 0 aliphatic carbocycles. The molecule has 0 saturated carbocycles. The summed E-state index contributed by atoms with van der Waals surface area (Å²) in [6.07, 6.45) is 0.478. The first-order chi connectivity index (χ1) is 8.91. The van der Waals surface area contributed by atoms with E-state index in [1.165, 1.54) is 11.3 Å². The van der Waals surface area contributed by atoms with Gasteiger partial charge in [-0.25, -0.2) is 0 Å². The number of carboxylic acids is 2. The fourth-order valence-electron chi connectivity index (χ4n) is 1.80. The number of carboxylic acid groups (broad SMARTS) is 2. The molecule has 0 amide bonds. The van der Waals surface area contributed by atoms with E-state index in [2.05, 4.69) is 5.32 Å². The molecule has 0 radical (unpaired) electrons. The van der Waals surface area contributed by atoms with Crippen LogP contribution in [0.5, 0.6) is 0 Å². The summed E-state index contributed by atoms with van der Waals surface area (Å²) in [5, 5.41) is 23.0. The van der Waals surface area contributed by atoms with Gasteiger partial charge in [-0.05, 0) is 23.8 Å². The molecule has 3 N–H and O–H groups in total. The van der Waals surface area contributed by atoms with E-state index in [1.54, 1.807) is 12.1 Å². The van der Waals surface area contributed by atoms with Crippen molar-refractivity contribution in [3.63, 3.8) is 0 Å². The van der Waals surface area contributed by atoms with Crippen molar-refractivity contribution in [2.75, 3.05) is 6.54 Å². The molecule has 1 heterocycles. The van der Waals surface area contributed by atoms with Crippen LogP contribution in [0.2, 0.25) is 0 Å². The van der Waals surface area contributed by atoms with Gasteiger partial charge >= 0.3 is 11.9 Å².